The van der Waals surface area contributed by atoms with Crippen LogP contribution >= 0.6 is 0 Å². The second-order valence-corrected chi connectivity index (χ2v) is 6.44. The fourth-order valence-electron chi connectivity index (χ4n) is 2.00. The lowest BCUT2D eigenvalue weighted by Gasteiger charge is -2.15. The number of rotatable bonds is 9. The van der Waals surface area contributed by atoms with E-state index in [1.807, 2.05) is 73.7 Å². The summed E-state index contributed by atoms with van der Waals surface area (Å²) in [6.45, 7) is 14.9. The molecule has 8 nitrogen and oxygen atoms in total. The Balaban J connectivity index is -0.000000453. The zero-order valence-corrected chi connectivity index (χ0v) is 20.9. The van der Waals surface area contributed by atoms with E-state index < -0.39 is 6.04 Å². The number of aldehydes is 1. The standard InChI is InChI=1S/C10H22N4O2.C9H11NO.2C2H6/c1-7(2)9(11)10(16)14-6-8(15)13-5-4-12-3;1-7-3-8(6-11)5-9(4-7)10-2;2*1-2/h7,9,12H,4-6,11H2,1-3H3,(H,13,15)(H,14,16);3-6,10H,1-2H3;2*1-2H3. The van der Waals surface area contributed by atoms with E-state index in [4.69, 9.17) is 5.73 Å². The SMILES string of the molecule is CC.CC.CNCCNC(=O)CNC(=O)C(N)C(C)C.CNc1cc(C)cc(C=O)c1. The number of aryl methyl sites for hydroxylation is 1. The van der Waals surface area contributed by atoms with Gasteiger partial charge in [0, 0.05) is 31.4 Å². The maximum absolute atomic E-state index is 11.4. The van der Waals surface area contributed by atoms with E-state index in [1.54, 1.807) is 7.05 Å². The van der Waals surface area contributed by atoms with Gasteiger partial charge in [-0.3, -0.25) is 14.4 Å². The number of hydrogen-bond acceptors (Lipinski definition) is 6. The van der Waals surface area contributed by atoms with Gasteiger partial charge in [0.1, 0.15) is 6.29 Å². The fourth-order valence-corrected chi connectivity index (χ4v) is 2.00. The van der Waals surface area contributed by atoms with Crippen LogP contribution in [0.2, 0.25) is 0 Å². The molecular formula is C23H45N5O3. The van der Waals surface area contributed by atoms with Crippen LogP contribution in [0.15, 0.2) is 18.2 Å². The molecule has 1 aromatic carbocycles. The van der Waals surface area contributed by atoms with E-state index in [1.165, 1.54) is 0 Å². The van der Waals surface area contributed by atoms with Gasteiger partial charge in [0.05, 0.1) is 12.6 Å². The van der Waals surface area contributed by atoms with Crippen molar-refractivity contribution in [1.29, 1.82) is 0 Å². The van der Waals surface area contributed by atoms with Crippen LogP contribution in [-0.2, 0) is 9.59 Å². The highest BCUT2D eigenvalue weighted by atomic mass is 16.2. The lowest BCUT2D eigenvalue weighted by atomic mass is 10.1. The number of likely N-dealkylation sites (N-methyl/N-ethyl adjacent to an activating group) is 1. The van der Waals surface area contributed by atoms with E-state index in [2.05, 4.69) is 21.3 Å². The quantitative estimate of drug-likeness (QED) is 0.297. The summed E-state index contributed by atoms with van der Waals surface area (Å²) in [5, 5.41) is 11.0. The Hall–Kier alpha value is -2.45. The molecule has 0 aliphatic rings. The van der Waals surface area contributed by atoms with E-state index in [-0.39, 0.29) is 24.3 Å². The van der Waals surface area contributed by atoms with Gasteiger partial charge in [-0.05, 0) is 43.7 Å². The minimum atomic E-state index is -0.565. The van der Waals surface area contributed by atoms with Crippen LogP contribution in [-0.4, -0.2) is 57.9 Å². The number of carbonyl (C=O) groups is 3. The topological polar surface area (TPSA) is 125 Å². The summed E-state index contributed by atoms with van der Waals surface area (Å²) in [6.07, 6.45) is 0.855. The molecule has 0 heterocycles. The first kappa shape index (κ1) is 33.2. The Morgan fingerprint density at radius 1 is 1.00 bits per heavy atom. The first-order valence-corrected chi connectivity index (χ1v) is 10.9. The summed E-state index contributed by atoms with van der Waals surface area (Å²) in [6, 6.07) is 5.10. The maximum Gasteiger partial charge on any atom is 0.239 e. The highest BCUT2D eigenvalue weighted by Crippen LogP contribution is 2.11. The molecule has 0 saturated carbocycles. The lowest BCUT2D eigenvalue weighted by molar-refractivity contribution is -0.127. The van der Waals surface area contributed by atoms with Crippen LogP contribution < -0.4 is 27.0 Å². The molecule has 8 heteroatoms. The largest absolute Gasteiger partial charge is 0.388 e. The maximum atomic E-state index is 11.4. The number of hydrogen-bond donors (Lipinski definition) is 5. The third kappa shape index (κ3) is 18.1. The number of amides is 2. The summed E-state index contributed by atoms with van der Waals surface area (Å²) < 4.78 is 0. The van der Waals surface area contributed by atoms with Gasteiger partial charge in [-0.15, -0.1) is 0 Å². The normalized spacial score (nSPS) is 10.0. The number of anilines is 1. The van der Waals surface area contributed by atoms with Crippen molar-refractivity contribution in [2.24, 2.45) is 11.7 Å². The molecule has 0 bridgehead atoms. The Kier molecular flexibility index (Phi) is 23.8. The average Bonchev–Trinajstić information content (AvgIpc) is 2.79. The Bertz CT molecular complexity index is 607. The molecule has 2 amide bonds. The third-order valence-electron chi connectivity index (χ3n) is 3.67. The monoisotopic (exact) mass is 439 g/mol. The molecule has 1 unspecified atom stereocenters. The molecule has 180 valence electrons. The predicted octanol–water partition coefficient (Wildman–Crippen LogP) is 2.32. The number of benzene rings is 1. The second-order valence-electron chi connectivity index (χ2n) is 6.44. The molecule has 0 radical (unpaired) electrons. The van der Waals surface area contributed by atoms with Gasteiger partial charge >= 0.3 is 0 Å². The van der Waals surface area contributed by atoms with Gasteiger partial charge in [0.15, 0.2) is 0 Å². The zero-order valence-electron chi connectivity index (χ0n) is 20.9. The van der Waals surface area contributed by atoms with Crippen molar-refractivity contribution < 1.29 is 14.4 Å². The Labute approximate surface area is 189 Å². The minimum absolute atomic E-state index is 0.0248. The van der Waals surface area contributed by atoms with Crippen LogP contribution in [0.1, 0.15) is 57.5 Å². The van der Waals surface area contributed by atoms with E-state index >= 15 is 0 Å². The molecule has 0 saturated heterocycles. The van der Waals surface area contributed by atoms with E-state index in [0.29, 0.717) is 18.7 Å². The molecule has 1 rings (SSSR count). The van der Waals surface area contributed by atoms with Crippen molar-refractivity contribution >= 4 is 23.8 Å². The summed E-state index contributed by atoms with van der Waals surface area (Å²) in [4.78, 5) is 33.0. The van der Waals surface area contributed by atoms with Crippen molar-refractivity contribution in [3.05, 3.63) is 29.3 Å². The van der Waals surface area contributed by atoms with Gasteiger partial charge in [-0.1, -0.05) is 41.5 Å². The van der Waals surface area contributed by atoms with Crippen molar-refractivity contribution in [1.82, 2.24) is 16.0 Å². The molecule has 0 spiro atoms. The number of nitrogens with one attached hydrogen (secondary N) is 4. The van der Waals surface area contributed by atoms with Crippen LogP contribution in [0, 0.1) is 12.8 Å². The number of carbonyl (C=O) groups excluding carboxylic acids is 3. The van der Waals surface area contributed by atoms with E-state index in [0.717, 1.165) is 17.5 Å². The van der Waals surface area contributed by atoms with E-state index in [9.17, 15) is 14.4 Å². The van der Waals surface area contributed by atoms with Gasteiger partial charge in [-0.2, -0.15) is 0 Å². The molecule has 31 heavy (non-hydrogen) atoms. The van der Waals surface area contributed by atoms with Crippen molar-refractivity contribution in [2.45, 2.75) is 54.5 Å². The van der Waals surface area contributed by atoms with Gasteiger partial charge in [-0.25, -0.2) is 0 Å². The van der Waals surface area contributed by atoms with Gasteiger partial charge in [0.2, 0.25) is 11.8 Å². The molecule has 0 aliphatic carbocycles. The van der Waals surface area contributed by atoms with Crippen LogP contribution in [0.25, 0.3) is 0 Å². The minimum Gasteiger partial charge on any atom is -0.388 e. The zero-order chi connectivity index (χ0) is 24.8. The summed E-state index contributed by atoms with van der Waals surface area (Å²) in [7, 11) is 3.64. The third-order valence-corrected chi connectivity index (χ3v) is 3.67. The highest BCUT2D eigenvalue weighted by Gasteiger charge is 2.17. The first-order chi connectivity index (χ1) is 14.7. The predicted molar refractivity (Wildman–Crippen MR) is 132 cm³/mol. The van der Waals surface area contributed by atoms with Crippen LogP contribution in [0.5, 0.6) is 0 Å². The smallest absolute Gasteiger partial charge is 0.239 e. The molecule has 1 aromatic rings. The summed E-state index contributed by atoms with van der Waals surface area (Å²) >= 11 is 0. The molecule has 1 atom stereocenters. The average molecular weight is 440 g/mol. The molecule has 0 aliphatic heterocycles. The fraction of sp³-hybridized carbons (Fsp3) is 0.609. The molecule has 0 fully saturated rings. The van der Waals surface area contributed by atoms with Crippen molar-refractivity contribution in [2.75, 3.05) is 39.0 Å². The van der Waals surface area contributed by atoms with Crippen molar-refractivity contribution in [3.63, 3.8) is 0 Å². The summed E-state index contributed by atoms with van der Waals surface area (Å²) in [5.41, 5.74) is 8.41. The molecule has 6 N–H and O–H groups in total. The van der Waals surface area contributed by atoms with Gasteiger partial charge in [0.25, 0.3) is 0 Å². The molecular weight excluding hydrogens is 394 g/mol. The lowest BCUT2D eigenvalue weighted by Crippen LogP contribution is -2.47. The van der Waals surface area contributed by atoms with Crippen LogP contribution in [0.3, 0.4) is 0 Å². The van der Waals surface area contributed by atoms with Crippen LogP contribution in [0.4, 0.5) is 5.69 Å². The van der Waals surface area contributed by atoms with Crippen molar-refractivity contribution in [3.8, 4) is 0 Å². The second kappa shape index (κ2) is 22.2. The Morgan fingerprint density at radius 2 is 1.58 bits per heavy atom. The van der Waals surface area contributed by atoms with Gasteiger partial charge < -0.3 is 27.0 Å². The first-order valence-electron chi connectivity index (χ1n) is 10.9. The number of nitrogens with two attached hydrogens (primary N) is 1. The Morgan fingerprint density at radius 3 is 2.03 bits per heavy atom. The summed E-state index contributed by atoms with van der Waals surface area (Å²) in [5.74, 6) is -0.439. The highest BCUT2D eigenvalue weighted by molar-refractivity contribution is 5.87. The molecule has 0 aromatic heterocycles.